The van der Waals surface area contributed by atoms with Crippen LogP contribution >= 0.6 is 11.3 Å². The highest BCUT2D eigenvalue weighted by Crippen LogP contribution is 2.39. The quantitative estimate of drug-likeness (QED) is 0.601. The number of nitrogens with zero attached hydrogens (tertiary/aromatic N) is 2. The highest BCUT2D eigenvalue weighted by Gasteiger charge is 2.26. The number of phenols is 1. The van der Waals surface area contributed by atoms with E-state index < -0.39 is 0 Å². The molecule has 1 aromatic carbocycles. The Morgan fingerprint density at radius 3 is 2.19 bits per heavy atom. The third kappa shape index (κ3) is 5.63. The predicted molar refractivity (Wildman–Crippen MR) is 112 cm³/mol. The zero-order valence-electron chi connectivity index (χ0n) is 17.2. The SMILES string of the molecule is Cc1nc(CC(=O)N/N=C/c2cc(C(C)(C)C)c(O)c(C(C)(C)C)c2)cs1. The number of aryl methyl sites for hydroxylation is 1. The second kappa shape index (κ2) is 7.80. The van der Waals surface area contributed by atoms with Crippen molar-refractivity contribution >= 4 is 23.5 Å². The van der Waals surface area contributed by atoms with Gasteiger partial charge in [0.2, 0.25) is 5.91 Å². The summed E-state index contributed by atoms with van der Waals surface area (Å²) in [6.07, 6.45) is 1.83. The summed E-state index contributed by atoms with van der Waals surface area (Å²) >= 11 is 1.52. The lowest BCUT2D eigenvalue weighted by Gasteiger charge is -2.27. The van der Waals surface area contributed by atoms with Crippen LogP contribution in [0.2, 0.25) is 0 Å². The molecule has 2 N–H and O–H groups in total. The molecule has 146 valence electrons. The van der Waals surface area contributed by atoms with Gasteiger partial charge in [-0.25, -0.2) is 10.4 Å². The first kappa shape index (κ1) is 21.1. The van der Waals surface area contributed by atoms with Gasteiger partial charge in [-0.1, -0.05) is 41.5 Å². The summed E-state index contributed by atoms with van der Waals surface area (Å²) in [5, 5.41) is 17.7. The van der Waals surface area contributed by atoms with Crippen LogP contribution in [-0.4, -0.2) is 22.2 Å². The third-order valence-electron chi connectivity index (χ3n) is 4.16. The first-order valence-electron chi connectivity index (χ1n) is 8.99. The Bertz CT molecular complexity index is 820. The zero-order valence-corrected chi connectivity index (χ0v) is 18.0. The van der Waals surface area contributed by atoms with Crippen LogP contribution in [0.3, 0.4) is 0 Å². The van der Waals surface area contributed by atoms with E-state index in [0.29, 0.717) is 5.75 Å². The van der Waals surface area contributed by atoms with Crippen molar-refractivity contribution in [1.82, 2.24) is 10.4 Å². The van der Waals surface area contributed by atoms with Gasteiger partial charge in [0.15, 0.2) is 0 Å². The number of amides is 1. The van der Waals surface area contributed by atoms with Gasteiger partial charge in [0, 0.05) is 16.5 Å². The van der Waals surface area contributed by atoms with Crippen molar-refractivity contribution in [1.29, 1.82) is 0 Å². The Hall–Kier alpha value is -2.21. The first-order valence-corrected chi connectivity index (χ1v) is 9.87. The molecule has 0 aliphatic carbocycles. The Kier molecular flexibility index (Phi) is 6.10. The number of hydrogen-bond acceptors (Lipinski definition) is 5. The highest BCUT2D eigenvalue weighted by atomic mass is 32.1. The second-order valence-corrected chi connectivity index (χ2v) is 9.85. The summed E-state index contributed by atoms with van der Waals surface area (Å²) in [6, 6.07) is 3.84. The monoisotopic (exact) mass is 387 g/mol. The summed E-state index contributed by atoms with van der Waals surface area (Å²) < 4.78 is 0. The molecule has 27 heavy (non-hydrogen) atoms. The molecule has 2 aromatic rings. The second-order valence-electron chi connectivity index (χ2n) is 8.79. The van der Waals surface area contributed by atoms with E-state index in [1.165, 1.54) is 11.3 Å². The van der Waals surface area contributed by atoms with Crippen LogP contribution in [0, 0.1) is 6.92 Å². The minimum Gasteiger partial charge on any atom is -0.507 e. The standard InChI is InChI=1S/C21H29N3O2S/c1-13-23-15(12-27-13)10-18(25)24-22-11-14-8-16(20(2,3)4)19(26)17(9-14)21(5,6)7/h8-9,11-12,26H,10H2,1-7H3,(H,24,25)/b22-11+. The summed E-state index contributed by atoms with van der Waals surface area (Å²) in [5.74, 6) is 0.123. The molecule has 0 bridgehead atoms. The number of hydrogen-bond donors (Lipinski definition) is 2. The fourth-order valence-electron chi connectivity index (χ4n) is 2.75. The maximum atomic E-state index is 12.0. The van der Waals surface area contributed by atoms with Crippen LogP contribution in [0.5, 0.6) is 5.75 Å². The van der Waals surface area contributed by atoms with E-state index in [1.54, 1.807) is 6.21 Å². The van der Waals surface area contributed by atoms with Crippen LogP contribution in [0.15, 0.2) is 22.6 Å². The first-order chi connectivity index (χ1) is 12.4. The molecule has 5 nitrogen and oxygen atoms in total. The van der Waals surface area contributed by atoms with Gasteiger partial charge >= 0.3 is 0 Å². The molecule has 0 saturated heterocycles. The minimum absolute atomic E-state index is 0.206. The highest BCUT2D eigenvalue weighted by molar-refractivity contribution is 7.09. The lowest BCUT2D eigenvalue weighted by atomic mass is 9.78. The fraction of sp³-hybridized carbons (Fsp3) is 0.476. The van der Waals surface area contributed by atoms with Gasteiger partial charge in [0.1, 0.15) is 5.75 Å². The van der Waals surface area contributed by atoms with Crippen molar-refractivity contribution in [2.75, 3.05) is 0 Å². The molecule has 1 heterocycles. The van der Waals surface area contributed by atoms with Crippen molar-refractivity contribution in [2.45, 2.75) is 65.7 Å². The number of benzene rings is 1. The average molecular weight is 388 g/mol. The van der Waals surface area contributed by atoms with Gasteiger partial charge < -0.3 is 5.11 Å². The maximum Gasteiger partial charge on any atom is 0.246 e. The molecule has 1 amide bonds. The van der Waals surface area contributed by atoms with E-state index in [-0.39, 0.29) is 23.2 Å². The Labute approximate surface area is 165 Å². The van der Waals surface area contributed by atoms with Crippen LogP contribution in [0.25, 0.3) is 0 Å². The van der Waals surface area contributed by atoms with E-state index in [1.807, 2.05) is 24.4 Å². The van der Waals surface area contributed by atoms with Crippen LogP contribution in [0.1, 0.15) is 68.9 Å². The van der Waals surface area contributed by atoms with Gasteiger partial charge in [0.05, 0.1) is 23.3 Å². The molecule has 0 atom stereocenters. The molecule has 2 rings (SSSR count). The molecule has 0 unspecified atom stereocenters. The summed E-state index contributed by atoms with van der Waals surface area (Å²) in [7, 11) is 0. The lowest BCUT2D eigenvalue weighted by molar-refractivity contribution is -0.120. The number of carbonyl (C=O) groups excluding carboxylic acids is 1. The van der Waals surface area contributed by atoms with E-state index >= 15 is 0 Å². The average Bonchev–Trinajstić information content (AvgIpc) is 2.91. The van der Waals surface area contributed by atoms with E-state index in [0.717, 1.165) is 27.4 Å². The van der Waals surface area contributed by atoms with Crippen molar-refractivity contribution in [2.24, 2.45) is 5.10 Å². The number of hydrazone groups is 1. The zero-order chi connectivity index (χ0) is 20.4. The van der Waals surface area contributed by atoms with Gasteiger partial charge in [-0.15, -0.1) is 11.3 Å². The number of phenolic OH excluding ortho intramolecular Hbond substituents is 1. The van der Waals surface area contributed by atoms with Crippen molar-refractivity contribution in [3.8, 4) is 5.75 Å². The smallest absolute Gasteiger partial charge is 0.246 e. The minimum atomic E-state index is -0.209. The largest absolute Gasteiger partial charge is 0.507 e. The number of rotatable bonds is 4. The number of aromatic nitrogens is 1. The molecule has 0 radical (unpaired) electrons. The fourth-order valence-corrected chi connectivity index (χ4v) is 3.36. The molecule has 0 aliphatic heterocycles. The lowest BCUT2D eigenvalue weighted by Crippen LogP contribution is -2.20. The van der Waals surface area contributed by atoms with Gasteiger partial charge in [-0.2, -0.15) is 5.10 Å². The van der Waals surface area contributed by atoms with Gasteiger partial charge in [-0.05, 0) is 35.4 Å². The molecule has 0 fully saturated rings. The normalized spacial score (nSPS) is 12.6. The van der Waals surface area contributed by atoms with E-state index in [4.69, 9.17) is 0 Å². The summed E-state index contributed by atoms with van der Waals surface area (Å²) in [5.41, 5.74) is 5.45. The van der Waals surface area contributed by atoms with Crippen molar-refractivity contribution in [3.63, 3.8) is 0 Å². The third-order valence-corrected chi connectivity index (χ3v) is 4.98. The molecular formula is C21H29N3O2S. The Morgan fingerprint density at radius 1 is 1.19 bits per heavy atom. The van der Waals surface area contributed by atoms with Crippen LogP contribution in [0.4, 0.5) is 0 Å². The molecular weight excluding hydrogens is 358 g/mol. The molecule has 0 spiro atoms. The van der Waals surface area contributed by atoms with Gasteiger partial charge in [-0.3, -0.25) is 4.79 Å². The Balaban J connectivity index is 2.22. The molecule has 6 heteroatoms. The number of carbonyl (C=O) groups is 1. The van der Waals surface area contributed by atoms with Gasteiger partial charge in [0.25, 0.3) is 0 Å². The van der Waals surface area contributed by atoms with E-state index in [2.05, 4.69) is 57.1 Å². The van der Waals surface area contributed by atoms with Crippen molar-refractivity contribution < 1.29 is 9.90 Å². The van der Waals surface area contributed by atoms with Crippen LogP contribution < -0.4 is 5.43 Å². The Morgan fingerprint density at radius 2 is 1.74 bits per heavy atom. The molecule has 1 aromatic heterocycles. The van der Waals surface area contributed by atoms with Crippen LogP contribution in [-0.2, 0) is 22.0 Å². The van der Waals surface area contributed by atoms with Crippen molar-refractivity contribution in [3.05, 3.63) is 44.9 Å². The number of thiazole rings is 1. The number of nitrogens with one attached hydrogen (secondary N) is 1. The predicted octanol–water partition coefficient (Wildman–Crippen LogP) is 4.44. The summed E-state index contributed by atoms with van der Waals surface area (Å²) in [4.78, 5) is 16.3. The topological polar surface area (TPSA) is 74.6 Å². The van der Waals surface area contributed by atoms with E-state index in [9.17, 15) is 9.90 Å². The maximum absolute atomic E-state index is 12.0. The molecule has 0 aliphatic rings. The molecule has 0 saturated carbocycles. The summed E-state index contributed by atoms with van der Waals surface area (Å²) in [6.45, 7) is 14.3. The number of aromatic hydroxyl groups is 1.